The van der Waals surface area contributed by atoms with E-state index in [0.29, 0.717) is 0 Å². The molecule has 18 heavy (non-hydrogen) atoms. The summed E-state index contributed by atoms with van der Waals surface area (Å²) in [6, 6.07) is 4.89. The molecular weight excluding hydrogens is 245 g/mol. The zero-order valence-corrected chi connectivity index (χ0v) is 9.13. The van der Waals surface area contributed by atoms with Gasteiger partial charge in [-0.1, -0.05) is 12.1 Å². The van der Waals surface area contributed by atoms with E-state index in [9.17, 15) is 24.0 Å². The summed E-state index contributed by atoms with van der Waals surface area (Å²) in [6.07, 6.45) is -0.445. The Bertz CT molecular complexity index is 526. The molecule has 0 aliphatic carbocycles. The van der Waals surface area contributed by atoms with Gasteiger partial charge in [-0.25, -0.2) is 23.6 Å². The summed E-state index contributed by atoms with van der Waals surface area (Å²) in [7, 11) is 0. The second-order valence-corrected chi connectivity index (χ2v) is 3.72. The van der Waals surface area contributed by atoms with Gasteiger partial charge in [-0.2, -0.15) is 5.21 Å². The number of carbonyl (C=O) groups is 3. The average molecular weight is 254 g/mol. The van der Waals surface area contributed by atoms with Crippen LogP contribution < -0.4 is 0 Å². The molecule has 1 heterocycles. The molecule has 7 heteroatoms. The SMILES string of the molecule is O=C(O[N+]1(O)C(=O)CCC1=O)c1ccccc1F. The van der Waals surface area contributed by atoms with E-state index in [-0.39, 0.29) is 12.8 Å². The van der Waals surface area contributed by atoms with Crippen LogP contribution in [0.4, 0.5) is 4.39 Å². The van der Waals surface area contributed by atoms with E-state index in [0.717, 1.165) is 12.1 Å². The third-order valence-electron chi connectivity index (χ3n) is 2.54. The predicted octanol–water partition coefficient (Wildman–Crippen LogP) is 0.950. The first-order valence-electron chi connectivity index (χ1n) is 5.12. The Morgan fingerprint density at radius 1 is 1.22 bits per heavy atom. The van der Waals surface area contributed by atoms with Crippen LogP contribution in [-0.4, -0.2) is 27.8 Å². The van der Waals surface area contributed by atoms with Crippen molar-refractivity contribution in [2.24, 2.45) is 0 Å². The molecular formula is C11H9FNO5+. The zero-order valence-electron chi connectivity index (χ0n) is 9.13. The van der Waals surface area contributed by atoms with Crippen molar-refractivity contribution in [3.8, 4) is 0 Å². The lowest BCUT2D eigenvalue weighted by Gasteiger charge is -2.15. The van der Waals surface area contributed by atoms with Crippen LogP contribution in [0.25, 0.3) is 0 Å². The molecule has 0 radical (unpaired) electrons. The fourth-order valence-corrected chi connectivity index (χ4v) is 1.55. The first kappa shape index (κ1) is 12.3. The molecule has 1 fully saturated rings. The molecule has 0 aromatic heterocycles. The van der Waals surface area contributed by atoms with Gasteiger partial charge in [0, 0.05) is 0 Å². The Morgan fingerprint density at radius 3 is 2.33 bits per heavy atom. The Balaban J connectivity index is 2.25. The van der Waals surface area contributed by atoms with Gasteiger partial charge in [-0.05, 0) is 12.1 Å². The summed E-state index contributed by atoms with van der Waals surface area (Å²) in [6.45, 7) is 0. The largest absolute Gasteiger partial charge is 0.406 e. The number of imide groups is 1. The number of halogens is 1. The highest BCUT2D eigenvalue weighted by Crippen LogP contribution is 2.22. The van der Waals surface area contributed by atoms with Gasteiger partial charge in [0.1, 0.15) is 16.2 Å². The second kappa shape index (κ2) is 4.28. The van der Waals surface area contributed by atoms with Crippen LogP contribution in [0.1, 0.15) is 23.2 Å². The zero-order chi connectivity index (χ0) is 13.3. The van der Waals surface area contributed by atoms with Gasteiger partial charge >= 0.3 is 17.8 Å². The van der Waals surface area contributed by atoms with Crippen LogP contribution in [0.3, 0.4) is 0 Å². The van der Waals surface area contributed by atoms with Crippen molar-refractivity contribution in [3.63, 3.8) is 0 Å². The maximum absolute atomic E-state index is 13.3. The van der Waals surface area contributed by atoms with Crippen molar-refractivity contribution in [2.45, 2.75) is 12.8 Å². The Morgan fingerprint density at radius 2 is 1.78 bits per heavy atom. The van der Waals surface area contributed by atoms with Crippen molar-refractivity contribution in [1.82, 2.24) is 0 Å². The monoisotopic (exact) mass is 254 g/mol. The fourth-order valence-electron chi connectivity index (χ4n) is 1.55. The Labute approximate surface area is 101 Å². The smallest absolute Gasteiger partial charge is 0.239 e. The first-order chi connectivity index (χ1) is 8.45. The molecule has 1 aromatic carbocycles. The van der Waals surface area contributed by atoms with Crippen molar-refractivity contribution < 1.29 is 33.6 Å². The molecule has 6 nitrogen and oxygen atoms in total. The minimum atomic E-state index is -2.05. The number of quaternary nitrogens is 1. The highest BCUT2D eigenvalue weighted by Gasteiger charge is 2.55. The predicted molar refractivity (Wildman–Crippen MR) is 53.1 cm³/mol. The number of hydrogen-bond acceptors (Lipinski definition) is 5. The van der Waals surface area contributed by atoms with Crippen LogP contribution in [0.2, 0.25) is 0 Å². The number of rotatable bonds is 2. The molecule has 0 atom stereocenters. The molecule has 1 aromatic rings. The minimum Gasteiger partial charge on any atom is -0.239 e. The molecule has 1 saturated heterocycles. The molecule has 2 amide bonds. The summed E-state index contributed by atoms with van der Waals surface area (Å²) in [4.78, 5) is 36.5. The summed E-state index contributed by atoms with van der Waals surface area (Å²) < 4.78 is 13.3. The molecule has 0 unspecified atom stereocenters. The van der Waals surface area contributed by atoms with Crippen LogP contribution >= 0.6 is 0 Å². The average Bonchev–Trinajstić information content (AvgIpc) is 2.57. The topological polar surface area (TPSA) is 80.7 Å². The molecule has 0 spiro atoms. The maximum Gasteiger partial charge on any atom is 0.406 e. The molecule has 0 bridgehead atoms. The van der Waals surface area contributed by atoms with Crippen LogP contribution in [0, 0.1) is 5.82 Å². The van der Waals surface area contributed by atoms with Gasteiger partial charge in [0.15, 0.2) is 0 Å². The van der Waals surface area contributed by atoms with E-state index in [1.165, 1.54) is 12.1 Å². The lowest BCUT2D eigenvalue weighted by atomic mass is 10.2. The number of amides is 2. The fraction of sp³-hybridized carbons (Fsp3) is 0.182. The molecule has 1 aliphatic rings. The molecule has 0 saturated carbocycles. The highest BCUT2D eigenvalue weighted by atomic mass is 19.1. The van der Waals surface area contributed by atoms with Crippen LogP contribution in [0.15, 0.2) is 24.3 Å². The number of hydrogen-bond donors (Lipinski definition) is 1. The van der Waals surface area contributed by atoms with E-state index in [1.54, 1.807) is 0 Å². The lowest BCUT2D eigenvalue weighted by molar-refractivity contribution is -1.12. The summed E-state index contributed by atoms with van der Waals surface area (Å²) in [5.41, 5.74) is -0.462. The Kier molecular flexibility index (Phi) is 2.93. The number of hydroxylamine groups is 4. The Hall–Kier alpha value is -2.12. The van der Waals surface area contributed by atoms with Crippen molar-refractivity contribution in [2.75, 3.05) is 0 Å². The van der Waals surface area contributed by atoms with E-state index in [2.05, 4.69) is 4.84 Å². The van der Waals surface area contributed by atoms with Gasteiger partial charge in [0.25, 0.3) is 0 Å². The molecule has 1 N–H and O–H groups in total. The third-order valence-corrected chi connectivity index (χ3v) is 2.54. The number of carbonyl (C=O) groups excluding carboxylic acids is 3. The number of benzene rings is 1. The highest BCUT2D eigenvalue weighted by molar-refractivity contribution is 5.94. The van der Waals surface area contributed by atoms with Gasteiger partial charge in [0.05, 0.1) is 12.8 Å². The molecule has 94 valence electrons. The minimum absolute atomic E-state index is 0.222. The van der Waals surface area contributed by atoms with Gasteiger partial charge < -0.3 is 0 Å². The molecule has 2 rings (SSSR count). The van der Waals surface area contributed by atoms with Gasteiger partial charge in [-0.3, -0.25) is 0 Å². The number of nitrogens with zero attached hydrogens (tertiary/aromatic N) is 1. The van der Waals surface area contributed by atoms with E-state index in [1.807, 2.05) is 0 Å². The third kappa shape index (κ3) is 1.89. The van der Waals surface area contributed by atoms with E-state index >= 15 is 0 Å². The quantitative estimate of drug-likeness (QED) is 0.483. The van der Waals surface area contributed by atoms with E-state index in [4.69, 9.17) is 0 Å². The van der Waals surface area contributed by atoms with Crippen LogP contribution in [0.5, 0.6) is 0 Å². The normalized spacial score (nSPS) is 17.9. The van der Waals surface area contributed by atoms with E-state index < -0.39 is 34.0 Å². The first-order valence-corrected chi connectivity index (χ1v) is 5.12. The van der Waals surface area contributed by atoms with Crippen molar-refractivity contribution in [3.05, 3.63) is 35.6 Å². The maximum atomic E-state index is 13.3. The molecule has 1 aliphatic heterocycles. The van der Waals surface area contributed by atoms with Crippen LogP contribution in [-0.2, 0) is 14.4 Å². The lowest BCUT2D eigenvalue weighted by Crippen LogP contribution is -2.50. The van der Waals surface area contributed by atoms with Gasteiger partial charge in [-0.15, -0.1) is 0 Å². The second-order valence-electron chi connectivity index (χ2n) is 3.72. The van der Waals surface area contributed by atoms with Crippen molar-refractivity contribution in [1.29, 1.82) is 0 Å². The van der Waals surface area contributed by atoms with Gasteiger partial charge in [0.2, 0.25) is 0 Å². The summed E-state index contributed by atoms with van der Waals surface area (Å²) in [5, 5.41) is 9.62. The standard InChI is InChI=1S/C11H9FNO5/c12-8-4-2-1-3-7(8)11(16)18-13(17)9(14)5-6-10(13)15/h1-4,17H,5-6H2/q+1. The summed E-state index contributed by atoms with van der Waals surface area (Å²) >= 11 is 0. The summed E-state index contributed by atoms with van der Waals surface area (Å²) in [5.74, 6) is -4.05. The van der Waals surface area contributed by atoms with Crippen molar-refractivity contribution >= 4 is 17.8 Å².